The fourth-order valence-electron chi connectivity index (χ4n) is 1.18. The van der Waals surface area contributed by atoms with Gasteiger partial charge in [0.2, 0.25) is 0 Å². The van der Waals surface area contributed by atoms with Crippen LogP contribution in [-0.4, -0.2) is 17.3 Å². The van der Waals surface area contributed by atoms with Crippen LogP contribution in [0.2, 0.25) is 0 Å². The molecule has 1 unspecified atom stereocenters. The Morgan fingerprint density at radius 1 is 1.70 bits per heavy atom. The van der Waals surface area contributed by atoms with E-state index in [9.17, 15) is 5.11 Å². The lowest BCUT2D eigenvalue weighted by molar-refractivity contribution is 0.0315. The molecule has 0 aromatic rings. The first-order valence-corrected chi connectivity index (χ1v) is 3.59. The van der Waals surface area contributed by atoms with E-state index in [4.69, 9.17) is 12.2 Å². The van der Waals surface area contributed by atoms with E-state index in [1.807, 2.05) is 0 Å². The molecule has 0 spiro atoms. The van der Waals surface area contributed by atoms with Gasteiger partial charge in [0, 0.05) is 13.0 Å². The summed E-state index contributed by atoms with van der Waals surface area (Å²) in [5, 5.41) is 9.69. The summed E-state index contributed by atoms with van der Waals surface area (Å²) in [5.41, 5.74) is 4.63. The van der Waals surface area contributed by atoms with Crippen molar-refractivity contribution in [3.8, 4) is 12.3 Å². The predicted octanol–water partition coefficient (Wildman–Crippen LogP) is 0.109. The summed E-state index contributed by atoms with van der Waals surface area (Å²) in [4.78, 5) is 0. The lowest BCUT2D eigenvalue weighted by Crippen LogP contribution is -2.39. The van der Waals surface area contributed by atoms with Gasteiger partial charge in [-0.25, -0.2) is 0 Å². The molecular formula is C8H13NO. The first-order chi connectivity index (χ1) is 4.73. The molecular weight excluding hydrogens is 126 g/mol. The van der Waals surface area contributed by atoms with E-state index in [0.29, 0.717) is 18.9 Å². The minimum Gasteiger partial charge on any atom is -0.387 e. The van der Waals surface area contributed by atoms with Crippen molar-refractivity contribution in [1.29, 1.82) is 0 Å². The first-order valence-electron chi connectivity index (χ1n) is 3.59. The zero-order valence-corrected chi connectivity index (χ0v) is 6.01. The highest BCUT2D eigenvalue weighted by Gasteiger charge is 2.41. The highest BCUT2D eigenvalue weighted by atomic mass is 16.3. The van der Waals surface area contributed by atoms with E-state index >= 15 is 0 Å². The van der Waals surface area contributed by atoms with Crippen molar-refractivity contribution in [2.75, 3.05) is 6.54 Å². The molecule has 0 saturated heterocycles. The van der Waals surface area contributed by atoms with Crippen LogP contribution in [-0.2, 0) is 0 Å². The normalized spacial score (nSPS) is 23.3. The summed E-state index contributed by atoms with van der Waals surface area (Å²) >= 11 is 0. The predicted molar refractivity (Wildman–Crippen MR) is 40.2 cm³/mol. The Hall–Kier alpha value is -0.520. The van der Waals surface area contributed by atoms with Crippen molar-refractivity contribution in [1.82, 2.24) is 0 Å². The molecule has 0 aliphatic heterocycles. The van der Waals surface area contributed by atoms with Gasteiger partial charge in [0.15, 0.2) is 0 Å². The Bertz CT molecular complexity index is 157. The Balaban J connectivity index is 2.49. The quantitative estimate of drug-likeness (QED) is 0.545. The summed E-state index contributed by atoms with van der Waals surface area (Å²) in [5.74, 6) is 2.82. The van der Waals surface area contributed by atoms with Gasteiger partial charge in [-0.2, -0.15) is 0 Å². The molecule has 1 fully saturated rings. The maximum atomic E-state index is 9.69. The van der Waals surface area contributed by atoms with E-state index in [0.717, 1.165) is 12.8 Å². The van der Waals surface area contributed by atoms with Crippen LogP contribution in [0.1, 0.15) is 19.3 Å². The third-order valence-electron chi connectivity index (χ3n) is 2.10. The molecule has 10 heavy (non-hydrogen) atoms. The molecule has 56 valence electrons. The first kappa shape index (κ1) is 7.59. The lowest BCUT2D eigenvalue weighted by atomic mass is 9.94. The Morgan fingerprint density at radius 3 is 2.60 bits per heavy atom. The fourth-order valence-corrected chi connectivity index (χ4v) is 1.18. The molecule has 1 saturated carbocycles. The molecule has 1 rings (SSSR count). The largest absolute Gasteiger partial charge is 0.387 e. The summed E-state index contributed by atoms with van der Waals surface area (Å²) < 4.78 is 0. The van der Waals surface area contributed by atoms with E-state index in [1.165, 1.54) is 0 Å². The Labute approximate surface area is 61.4 Å². The van der Waals surface area contributed by atoms with Crippen LogP contribution >= 0.6 is 0 Å². The molecule has 2 nitrogen and oxygen atoms in total. The lowest BCUT2D eigenvalue weighted by Gasteiger charge is -2.23. The van der Waals surface area contributed by atoms with Crippen LogP contribution in [0, 0.1) is 18.3 Å². The van der Waals surface area contributed by atoms with Gasteiger partial charge < -0.3 is 10.8 Å². The van der Waals surface area contributed by atoms with Gasteiger partial charge in [-0.05, 0) is 18.8 Å². The second kappa shape index (κ2) is 2.61. The van der Waals surface area contributed by atoms with Crippen LogP contribution in [0.3, 0.4) is 0 Å². The zero-order valence-electron chi connectivity index (χ0n) is 6.01. The third-order valence-corrected chi connectivity index (χ3v) is 2.10. The molecule has 0 heterocycles. The van der Waals surface area contributed by atoms with Crippen molar-refractivity contribution in [2.24, 2.45) is 11.7 Å². The number of hydrogen-bond donors (Lipinski definition) is 2. The minimum absolute atomic E-state index is 0.294. The topological polar surface area (TPSA) is 46.2 Å². The summed E-state index contributed by atoms with van der Waals surface area (Å²) in [6, 6.07) is 0. The third kappa shape index (κ3) is 1.31. The Morgan fingerprint density at radius 2 is 2.30 bits per heavy atom. The summed E-state index contributed by atoms with van der Waals surface area (Å²) in [6.45, 7) is 0.294. The van der Waals surface area contributed by atoms with Gasteiger partial charge in [-0.3, -0.25) is 0 Å². The smallest absolute Gasteiger partial charge is 0.0905 e. The summed E-state index contributed by atoms with van der Waals surface area (Å²) in [7, 11) is 0. The molecule has 3 N–H and O–H groups in total. The number of nitrogens with two attached hydrogens (primary N) is 1. The van der Waals surface area contributed by atoms with Gasteiger partial charge in [0.1, 0.15) is 0 Å². The van der Waals surface area contributed by atoms with Crippen LogP contribution in [0.15, 0.2) is 0 Å². The second-order valence-electron chi connectivity index (χ2n) is 2.96. The fraction of sp³-hybridized carbons (Fsp3) is 0.750. The second-order valence-corrected chi connectivity index (χ2v) is 2.96. The van der Waals surface area contributed by atoms with Crippen LogP contribution in [0.5, 0.6) is 0 Å². The number of aliphatic hydroxyl groups is 1. The summed E-state index contributed by atoms with van der Waals surface area (Å²) in [6.07, 6.45) is 7.64. The van der Waals surface area contributed by atoms with E-state index in [-0.39, 0.29) is 0 Å². The highest BCUT2D eigenvalue weighted by Crippen LogP contribution is 2.40. The standard InChI is InChI=1S/C8H13NO/c1-2-5-8(10,6-9)7-3-4-7/h1,7,10H,3-6,9H2. The van der Waals surface area contributed by atoms with E-state index in [2.05, 4.69) is 5.92 Å². The zero-order chi connectivity index (χ0) is 7.61. The average Bonchev–Trinajstić information content (AvgIpc) is 2.69. The van der Waals surface area contributed by atoms with Crippen molar-refractivity contribution in [3.05, 3.63) is 0 Å². The number of terminal acetylenes is 1. The van der Waals surface area contributed by atoms with Gasteiger partial charge in [0.05, 0.1) is 5.60 Å². The average molecular weight is 139 g/mol. The van der Waals surface area contributed by atoms with Crippen molar-refractivity contribution >= 4 is 0 Å². The van der Waals surface area contributed by atoms with E-state index < -0.39 is 5.60 Å². The molecule has 2 heteroatoms. The molecule has 1 aliphatic rings. The molecule has 0 radical (unpaired) electrons. The van der Waals surface area contributed by atoms with Gasteiger partial charge in [-0.1, -0.05) is 0 Å². The van der Waals surface area contributed by atoms with Gasteiger partial charge in [0.25, 0.3) is 0 Å². The maximum Gasteiger partial charge on any atom is 0.0905 e. The number of hydrogen-bond acceptors (Lipinski definition) is 2. The minimum atomic E-state index is -0.755. The van der Waals surface area contributed by atoms with Gasteiger partial charge in [-0.15, -0.1) is 12.3 Å². The molecule has 0 aromatic heterocycles. The monoisotopic (exact) mass is 139 g/mol. The number of rotatable bonds is 3. The highest BCUT2D eigenvalue weighted by molar-refractivity contribution is 5.03. The molecule has 1 aliphatic carbocycles. The molecule has 0 amide bonds. The van der Waals surface area contributed by atoms with Crippen LogP contribution in [0.25, 0.3) is 0 Å². The molecule has 0 aromatic carbocycles. The van der Waals surface area contributed by atoms with E-state index in [1.54, 1.807) is 0 Å². The maximum absolute atomic E-state index is 9.69. The van der Waals surface area contributed by atoms with Crippen LogP contribution in [0.4, 0.5) is 0 Å². The van der Waals surface area contributed by atoms with Crippen LogP contribution < -0.4 is 5.73 Å². The van der Waals surface area contributed by atoms with Gasteiger partial charge >= 0.3 is 0 Å². The molecule has 0 bridgehead atoms. The SMILES string of the molecule is C#CCC(O)(CN)C1CC1. The van der Waals surface area contributed by atoms with Crippen molar-refractivity contribution in [2.45, 2.75) is 24.9 Å². The van der Waals surface area contributed by atoms with Crippen molar-refractivity contribution in [3.63, 3.8) is 0 Å². The molecule has 1 atom stereocenters. The Kier molecular flexibility index (Phi) is 1.98. The van der Waals surface area contributed by atoms with Crippen molar-refractivity contribution < 1.29 is 5.11 Å².